The summed E-state index contributed by atoms with van der Waals surface area (Å²) in [6, 6.07) is 7.32. The van der Waals surface area contributed by atoms with Gasteiger partial charge in [0.05, 0.1) is 12.9 Å². The average Bonchev–Trinajstić information content (AvgIpc) is 3.10. The minimum atomic E-state index is -3.31. The van der Waals surface area contributed by atoms with Crippen LogP contribution in [0, 0.1) is 0 Å². The molecule has 10 heteroatoms. The zero-order valence-corrected chi connectivity index (χ0v) is 15.5. The third kappa shape index (κ3) is 6.12. The van der Waals surface area contributed by atoms with E-state index in [0.717, 1.165) is 5.56 Å². The van der Waals surface area contributed by atoms with Gasteiger partial charge in [0.2, 0.25) is 27.6 Å². The summed E-state index contributed by atoms with van der Waals surface area (Å²) in [4.78, 5) is 16.0. The zero-order chi connectivity index (χ0) is 19.0. The van der Waals surface area contributed by atoms with Crippen LogP contribution in [-0.4, -0.2) is 50.9 Å². The molecule has 142 valence electrons. The second-order valence-electron chi connectivity index (χ2n) is 5.47. The lowest BCUT2D eigenvalue weighted by atomic mass is 10.2. The molecule has 0 aliphatic heterocycles. The number of sulfonamides is 1. The molecular formula is C16H22N4O5S. The molecule has 0 aliphatic rings. The van der Waals surface area contributed by atoms with E-state index in [9.17, 15) is 13.2 Å². The number of nitrogens with zero attached hydrogens (tertiary/aromatic N) is 2. The van der Waals surface area contributed by atoms with Crippen LogP contribution < -0.4 is 14.8 Å². The second-order valence-corrected chi connectivity index (χ2v) is 7.52. The molecule has 1 amide bonds. The van der Waals surface area contributed by atoms with E-state index < -0.39 is 10.0 Å². The van der Waals surface area contributed by atoms with Gasteiger partial charge in [-0.05, 0) is 25.6 Å². The van der Waals surface area contributed by atoms with Crippen molar-refractivity contribution in [2.75, 3.05) is 26.5 Å². The van der Waals surface area contributed by atoms with Crippen LogP contribution in [0.25, 0.3) is 11.4 Å². The topological polar surface area (TPSA) is 123 Å². The second kappa shape index (κ2) is 9.30. The maximum atomic E-state index is 11.7. The van der Waals surface area contributed by atoms with Gasteiger partial charge < -0.3 is 14.6 Å². The highest BCUT2D eigenvalue weighted by Crippen LogP contribution is 2.21. The first-order valence-corrected chi connectivity index (χ1v) is 9.73. The number of benzene rings is 1. The van der Waals surface area contributed by atoms with Crippen LogP contribution in [0.2, 0.25) is 0 Å². The van der Waals surface area contributed by atoms with E-state index in [1.807, 2.05) is 18.2 Å². The van der Waals surface area contributed by atoms with Crippen LogP contribution in [0.5, 0.6) is 5.75 Å². The van der Waals surface area contributed by atoms with Gasteiger partial charge in [0.1, 0.15) is 5.75 Å². The molecule has 0 saturated carbocycles. The Hall–Kier alpha value is -2.46. The number of aromatic nitrogens is 2. The van der Waals surface area contributed by atoms with E-state index in [1.54, 1.807) is 13.2 Å². The first-order valence-electron chi connectivity index (χ1n) is 8.08. The first kappa shape index (κ1) is 19.9. The molecule has 0 unspecified atom stereocenters. The van der Waals surface area contributed by atoms with Gasteiger partial charge in [-0.1, -0.05) is 17.3 Å². The third-order valence-electron chi connectivity index (χ3n) is 3.59. The summed E-state index contributed by atoms with van der Waals surface area (Å²) in [5, 5.41) is 6.49. The van der Waals surface area contributed by atoms with Gasteiger partial charge >= 0.3 is 0 Å². The van der Waals surface area contributed by atoms with E-state index >= 15 is 0 Å². The summed E-state index contributed by atoms with van der Waals surface area (Å²) in [5.41, 5.74) is 0.780. The fraction of sp³-hybridized carbons (Fsp3) is 0.438. The van der Waals surface area contributed by atoms with Gasteiger partial charge in [-0.15, -0.1) is 0 Å². The Labute approximate surface area is 152 Å². The van der Waals surface area contributed by atoms with Crippen molar-refractivity contribution in [1.29, 1.82) is 0 Å². The molecule has 1 heterocycles. The predicted molar refractivity (Wildman–Crippen MR) is 95.1 cm³/mol. The summed E-state index contributed by atoms with van der Waals surface area (Å²) < 4.78 is 35.0. The van der Waals surface area contributed by atoms with Gasteiger partial charge in [0, 0.05) is 24.9 Å². The van der Waals surface area contributed by atoms with E-state index in [2.05, 4.69) is 20.2 Å². The molecule has 1 aromatic carbocycles. The van der Waals surface area contributed by atoms with Crippen molar-refractivity contribution in [3.8, 4) is 17.1 Å². The van der Waals surface area contributed by atoms with Crippen LogP contribution in [0.1, 0.15) is 18.7 Å². The minimum absolute atomic E-state index is 0.0720. The van der Waals surface area contributed by atoms with Gasteiger partial charge in [-0.3, -0.25) is 4.79 Å². The molecule has 0 saturated heterocycles. The number of hydrogen-bond donors (Lipinski definition) is 2. The maximum Gasteiger partial charge on any atom is 0.226 e. The highest BCUT2D eigenvalue weighted by Gasteiger charge is 2.11. The van der Waals surface area contributed by atoms with Crippen molar-refractivity contribution in [2.45, 2.75) is 19.3 Å². The van der Waals surface area contributed by atoms with E-state index in [-0.39, 0.29) is 24.6 Å². The molecular weight excluding hydrogens is 360 g/mol. The van der Waals surface area contributed by atoms with Gasteiger partial charge in [-0.25, -0.2) is 13.1 Å². The van der Waals surface area contributed by atoms with Gasteiger partial charge in [0.25, 0.3) is 0 Å². The Bertz CT molecular complexity index is 835. The number of carbonyl (C=O) groups excluding carboxylic acids is 1. The molecule has 0 bridgehead atoms. The number of hydrogen-bond acceptors (Lipinski definition) is 7. The first-order chi connectivity index (χ1) is 12.4. The third-order valence-corrected chi connectivity index (χ3v) is 4.96. The molecule has 2 N–H and O–H groups in total. The minimum Gasteiger partial charge on any atom is -0.497 e. The lowest BCUT2D eigenvalue weighted by molar-refractivity contribution is -0.121. The molecule has 1 aromatic heterocycles. The highest BCUT2D eigenvalue weighted by atomic mass is 32.2. The normalized spacial score (nSPS) is 11.3. The standard InChI is InChI=1S/C16H22N4O5S/c1-17-26(22,23)10-9-18-14(21)7-4-8-15-19-16(20-25-15)12-5-3-6-13(11-12)24-2/h3,5-6,11,17H,4,7-10H2,1-2H3,(H,18,21). The Morgan fingerprint density at radius 1 is 1.35 bits per heavy atom. The molecule has 0 spiro atoms. The Morgan fingerprint density at radius 3 is 2.88 bits per heavy atom. The van der Waals surface area contributed by atoms with Crippen LogP contribution >= 0.6 is 0 Å². The van der Waals surface area contributed by atoms with E-state index in [1.165, 1.54) is 7.05 Å². The summed E-state index contributed by atoms with van der Waals surface area (Å²) >= 11 is 0. The van der Waals surface area contributed by atoms with Crippen molar-refractivity contribution in [1.82, 2.24) is 20.2 Å². The zero-order valence-electron chi connectivity index (χ0n) is 14.7. The fourth-order valence-electron chi connectivity index (χ4n) is 2.15. The quantitative estimate of drug-likeness (QED) is 0.621. The van der Waals surface area contributed by atoms with E-state index in [0.29, 0.717) is 30.3 Å². The Balaban J connectivity index is 1.76. The molecule has 0 fully saturated rings. The number of rotatable bonds is 10. The Kier molecular flexibility index (Phi) is 7.10. The van der Waals surface area contributed by atoms with E-state index in [4.69, 9.17) is 9.26 Å². The highest BCUT2D eigenvalue weighted by molar-refractivity contribution is 7.89. The van der Waals surface area contributed by atoms with Crippen molar-refractivity contribution in [3.63, 3.8) is 0 Å². The largest absolute Gasteiger partial charge is 0.497 e. The summed E-state index contributed by atoms with van der Waals surface area (Å²) in [6.45, 7) is 0.0720. The maximum absolute atomic E-state index is 11.7. The van der Waals surface area contributed by atoms with Crippen molar-refractivity contribution in [3.05, 3.63) is 30.2 Å². The summed E-state index contributed by atoms with van der Waals surface area (Å²) in [5.74, 6) is 1.23. The fourth-order valence-corrected chi connectivity index (χ4v) is 2.73. The SMILES string of the molecule is CNS(=O)(=O)CCNC(=O)CCCc1nc(-c2cccc(OC)c2)no1. The van der Waals surface area contributed by atoms with Gasteiger partial charge in [-0.2, -0.15) is 4.98 Å². The van der Waals surface area contributed by atoms with Crippen LogP contribution in [0.4, 0.5) is 0 Å². The van der Waals surface area contributed by atoms with Crippen LogP contribution in [0.15, 0.2) is 28.8 Å². The lowest BCUT2D eigenvalue weighted by Gasteiger charge is -2.04. The number of nitrogens with one attached hydrogen (secondary N) is 2. The van der Waals surface area contributed by atoms with Gasteiger partial charge in [0.15, 0.2) is 0 Å². The molecule has 0 atom stereocenters. The van der Waals surface area contributed by atoms with Crippen LogP contribution in [-0.2, 0) is 21.2 Å². The number of carbonyl (C=O) groups is 1. The number of amides is 1. The smallest absolute Gasteiger partial charge is 0.226 e. The predicted octanol–water partition coefficient (Wildman–Crippen LogP) is 0.733. The monoisotopic (exact) mass is 382 g/mol. The number of methoxy groups -OCH3 is 1. The molecule has 0 aliphatic carbocycles. The van der Waals surface area contributed by atoms with Crippen molar-refractivity contribution >= 4 is 15.9 Å². The number of aryl methyl sites for hydroxylation is 1. The van der Waals surface area contributed by atoms with Crippen molar-refractivity contribution < 1.29 is 22.5 Å². The molecule has 2 rings (SSSR count). The molecule has 9 nitrogen and oxygen atoms in total. The Morgan fingerprint density at radius 2 is 2.15 bits per heavy atom. The van der Waals surface area contributed by atoms with Crippen molar-refractivity contribution in [2.24, 2.45) is 0 Å². The molecule has 2 aromatic rings. The number of ether oxygens (including phenoxy) is 1. The molecule has 0 radical (unpaired) electrons. The summed E-state index contributed by atoms with van der Waals surface area (Å²) in [6.07, 6.45) is 1.22. The van der Waals surface area contributed by atoms with Crippen LogP contribution in [0.3, 0.4) is 0 Å². The average molecular weight is 382 g/mol. The molecule has 26 heavy (non-hydrogen) atoms. The lowest BCUT2D eigenvalue weighted by Crippen LogP contribution is -2.32. The summed E-state index contributed by atoms with van der Waals surface area (Å²) in [7, 11) is -0.396.